The van der Waals surface area contributed by atoms with Crippen LogP contribution in [0.3, 0.4) is 0 Å². The van der Waals surface area contributed by atoms with Crippen LogP contribution in [0.15, 0.2) is 18.2 Å². The molecular formula is C15H20ClFN2O2. The maximum absolute atomic E-state index is 13.2. The van der Waals surface area contributed by atoms with Gasteiger partial charge in [0.05, 0.1) is 11.6 Å². The lowest BCUT2D eigenvalue weighted by atomic mass is 10.2. The number of nitrogens with zero attached hydrogens (tertiary/aromatic N) is 1. The first kappa shape index (κ1) is 16.0. The number of hydrogen-bond acceptors (Lipinski definition) is 3. The second-order valence-corrected chi connectivity index (χ2v) is 5.45. The van der Waals surface area contributed by atoms with Gasteiger partial charge < -0.3 is 15.0 Å². The zero-order valence-corrected chi connectivity index (χ0v) is 12.8. The van der Waals surface area contributed by atoms with E-state index in [1.54, 1.807) is 12.1 Å². The van der Waals surface area contributed by atoms with E-state index in [9.17, 15) is 9.18 Å². The Balaban J connectivity index is 1.83. The summed E-state index contributed by atoms with van der Waals surface area (Å²) in [5.41, 5.74) is 0.882. The molecule has 1 N–H and O–H groups in total. The molecule has 1 unspecified atom stereocenters. The standard InChI is InChI=1S/C15H20ClFN2O2/c1-2-21-8-6-15(20)18-11-5-7-19(10-11)12-3-4-14(17)13(16)9-12/h3-4,9,11H,2,5-8,10H2,1H3,(H,18,20). The van der Waals surface area contributed by atoms with Gasteiger partial charge >= 0.3 is 0 Å². The number of benzene rings is 1. The van der Waals surface area contributed by atoms with Gasteiger partial charge in [0.2, 0.25) is 5.91 Å². The predicted octanol–water partition coefficient (Wildman–Crippen LogP) is 2.60. The number of hydrogen-bond donors (Lipinski definition) is 1. The average molecular weight is 315 g/mol. The molecule has 0 bridgehead atoms. The van der Waals surface area contributed by atoms with Crippen molar-refractivity contribution in [1.82, 2.24) is 5.32 Å². The van der Waals surface area contributed by atoms with Crippen LogP contribution < -0.4 is 10.2 Å². The monoisotopic (exact) mass is 314 g/mol. The van der Waals surface area contributed by atoms with Crippen molar-refractivity contribution in [3.05, 3.63) is 29.0 Å². The maximum Gasteiger partial charge on any atom is 0.222 e. The molecule has 1 aromatic rings. The lowest BCUT2D eigenvalue weighted by Crippen LogP contribution is -2.37. The van der Waals surface area contributed by atoms with Crippen molar-refractivity contribution >= 4 is 23.2 Å². The highest BCUT2D eigenvalue weighted by Crippen LogP contribution is 2.25. The molecule has 1 saturated heterocycles. The Kier molecular flexibility index (Phi) is 5.82. The van der Waals surface area contributed by atoms with Gasteiger partial charge in [-0.25, -0.2) is 4.39 Å². The summed E-state index contributed by atoms with van der Waals surface area (Å²) < 4.78 is 18.3. The van der Waals surface area contributed by atoms with Gasteiger partial charge in [-0.05, 0) is 31.5 Å². The van der Waals surface area contributed by atoms with Crippen LogP contribution in [0.25, 0.3) is 0 Å². The fraction of sp³-hybridized carbons (Fsp3) is 0.533. The molecule has 1 atom stereocenters. The zero-order chi connectivity index (χ0) is 15.2. The molecule has 1 heterocycles. The Morgan fingerprint density at radius 3 is 3.10 bits per heavy atom. The molecule has 0 aliphatic carbocycles. The van der Waals surface area contributed by atoms with Crippen LogP contribution in [0.1, 0.15) is 19.8 Å². The molecule has 1 aromatic carbocycles. The van der Waals surface area contributed by atoms with E-state index in [1.165, 1.54) is 6.07 Å². The molecule has 4 nitrogen and oxygen atoms in total. The van der Waals surface area contributed by atoms with Crippen LogP contribution in [-0.4, -0.2) is 38.3 Å². The van der Waals surface area contributed by atoms with Crippen LogP contribution in [0.4, 0.5) is 10.1 Å². The summed E-state index contributed by atoms with van der Waals surface area (Å²) in [4.78, 5) is 13.8. The van der Waals surface area contributed by atoms with Gasteiger partial charge in [-0.1, -0.05) is 11.6 Å². The van der Waals surface area contributed by atoms with E-state index in [0.29, 0.717) is 26.2 Å². The second kappa shape index (κ2) is 7.61. The van der Waals surface area contributed by atoms with Crippen molar-refractivity contribution in [3.8, 4) is 0 Å². The molecule has 0 saturated carbocycles. The van der Waals surface area contributed by atoms with Gasteiger partial charge in [-0.2, -0.15) is 0 Å². The molecule has 116 valence electrons. The normalized spacial score (nSPS) is 18.0. The number of amides is 1. The Labute approximate surface area is 129 Å². The minimum atomic E-state index is -0.416. The number of nitrogens with one attached hydrogen (secondary N) is 1. The quantitative estimate of drug-likeness (QED) is 0.821. The summed E-state index contributed by atoms with van der Waals surface area (Å²) in [6.07, 6.45) is 1.25. The molecule has 1 aliphatic rings. The van der Waals surface area contributed by atoms with Crippen LogP contribution in [-0.2, 0) is 9.53 Å². The molecule has 0 aromatic heterocycles. The van der Waals surface area contributed by atoms with Crippen molar-refractivity contribution in [2.24, 2.45) is 0 Å². The van der Waals surface area contributed by atoms with Gasteiger partial charge in [-0.3, -0.25) is 4.79 Å². The lowest BCUT2D eigenvalue weighted by molar-refractivity contribution is -0.122. The minimum Gasteiger partial charge on any atom is -0.381 e. The van der Waals surface area contributed by atoms with E-state index < -0.39 is 5.82 Å². The summed E-state index contributed by atoms with van der Waals surface area (Å²) in [5.74, 6) is -0.409. The summed E-state index contributed by atoms with van der Waals surface area (Å²) in [6.45, 7) is 4.50. The number of rotatable bonds is 6. The second-order valence-electron chi connectivity index (χ2n) is 5.04. The molecule has 2 rings (SSSR count). The SMILES string of the molecule is CCOCCC(=O)NC1CCN(c2ccc(F)c(Cl)c2)C1. The molecule has 0 radical (unpaired) electrons. The number of anilines is 1. The Hall–Kier alpha value is -1.33. The van der Waals surface area contributed by atoms with Crippen molar-refractivity contribution in [3.63, 3.8) is 0 Å². The summed E-state index contributed by atoms with van der Waals surface area (Å²) in [5, 5.41) is 3.12. The van der Waals surface area contributed by atoms with Gasteiger partial charge in [0, 0.05) is 37.8 Å². The highest BCUT2D eigenvalue weighted by Gasteiger charge is 2.24. The van der Waals surface area contributed by atoms with E-state index in [1.807, 2.05) is 6.92 Å². The van der Waals surface area contributed by atoms with E-state index >= 15 is 0 Å². The first-order valence-corrected chi connectivity index (χ1v) is 7.55. The number of carbonyl (C=O) groups excluding carboxylic acids is 1. The summed E-state index contributed by atoms with van der Waals surface area (Å²) in [6, 6.07) is 4.81. The number of halogens is 2. The number of ether oxygens (including phenoxy) is 1. The van der Waals surface area contributed by atoms with E-state index in [0.717, 1.165) is 18.7 Å². The summed E-state index contributed by atoms with van der Waals surface area (Å²) >= 11 is 5.80. The maximum atomic E-state index is 13.2. The van der Waals surface area contributed by atoms with Crippen LogP contribution in [0, 0.1) is 5.82 Å². The van der Waals surface area contributed by atoms with Gasteiger partial charge in [0.25, 0.3) is 0 Å². The molecular weight excluding hydrogens is 295 g/mol. The molecule has 0 spiro atoms. The fourth-order valence-corrected chi connectivity index (χ4v) is 2.58. The van der Waals surface area contributed by atoms with Crippen LogP contribution in [0.5, 0.6) is 0 Å². The van der Waals surface area contributed by atoms with Gasteiger partial charge in [-0.15, -0.1) is 0 Å². The summed E-state index contributed by atoms with van der Waals surface area (Å²) in [7, 11) is 0. The van der Waals surface area contributed by atoms with Gasteiger partial charge in [0.15, 0.2) is 0 Å². The topological polar surface area (TPSA) is 41.6 Å². The zero-order valence-electron chi connectivity index (χ0n) is 12.1. The highest BCUT2D eigenvalue weighted by molar-refractivity contribution is 6.31. The molecule has 1 aliphatic heterocycles. The van der Waals surface area contributed by atoms with Gasteiger partial charge in [0.1, 0.15) is 5.82 Å². The van der Waals surface area contributed by atoms with E-state index in [-0.39, 0.29) is 17.0 Å². The molecule has 21 heavy (non-hydrogen) atoms. The lowest BCUT2D eigenvalue weighted by Gasteiger charge is -2.19. The van der Waals surface area contributed by atoms with Crippen molar-refractivity contribution in [2.75, 3.05) is 31.2 Å². The largest absolute Gasteiger partial charge is 0.381 e. The highest BCUT2D eigenvalue weighted by atomic mass is 35.5. The first-order valence-electron chi connectivity index (χ1n) is 7.17. The minimum absolute atomic E-state index is 0.00689. The molecule has 1 amide bonds. The van der Waals surface area contributed by atoms with Crippen LogP contribution >= 0.6 is 11.6 Å². The third-order valence-corrected chi connectivity index (χ3v) is 3.79. The van der Waals surface area contributed by atoms with Crippen molar-refractivity contribution < 1.29 is 13.9 Å². The van der Waals surface area contributed by atoms with E-state index in [2.05, 4.69) is 10.2 Å². The van der Waals surface area contributed by atoms with Crippen molar-refractivity contribution in [1.29, 1.82) is 0 Å². The molecule has 1 fully saturated rings. The predicted molar refractivity (Wildman–Crippen MR) is 81.3 cm³/mol. The van der Waals surface area contributed by atoms with Crippen molar-refractivity contribution in [2.45, 2.75) is 25.8 Å². The van der Waals surface area contributed by atoms with E-state index in [4.69, 9.17) is 16.3 Å². The third kappa shape index (κ3) is 4.58. The Morgan fingerprint density at radius 2 is 2.38 bits per heavy atom. The average Bonchev–Trinajstić information content (AvgIpc) is 2.90. The number of carbonyl (C=O) groups is 1. The third-order valence-electron chi connectivity index (χ3n) is 3.50. The molecule has 6 heteroatoms. The Bertz CT molecular complexity index is 499. The smallest absolute Gasteiger partial charge is 0.222 e. The van der Waals surface area contributed by atoms with Crippen LogP contribution in [0.2, 0.25) is 5.02 Å². The Morgan fingerprint density at radius 1 is 1.57 bits per heavy atom. The first-order chi connectivity index (χ1) is 10.1. The fourth-order valence-electron chi connectivity index (χ4n) is 2.40.